The minimum Gasteiger partial charge on any atom is -0.489 e. The zero-order chi connectivity index (χ0) is 16.2. The molecule has 3 aromatic rings. The maximum Gasteiger partial charge on any atom is 0.120 e. The molecule has 0 aromatic heterocycles. The van der Waals surface area contributed by atoms with Crippen LogP contribution in [0.15, 0.2) is 72.8 Å². The van der Waals surface area contributed by atoms with Crippen LogP contribution in [-0.4, -0.2) is 0 Å². The maximum atomic E-state index is 5.98. The molecule has 1 aliphatic heterocycles. The SMILES string of the molecule is C1=C\c2cccc(c2)OCc2ccccc2COc2cccc/1c2. The number of hydrogen-bond donors (Lipinski definition) is 0. The standard InChI is InChI=1S/C22H18O2/c1-2-8-20-16-24-22-10-4-6-18(14-22)12-11-17-5-3-9-21(13-17)23-15-19(20)7-1/h1-14H,15-16H2/b12-11-. The van der Waals surface area contributed by atoms with Crippen LogP contribution < -0.4 is 9.47 Å². The highest BCUT2D eigenvalue weighted by Gasteiger charge is 2.05. The third-order valence-corrected chi connectivity index (χ3v) is 4.09. The van der Waals surface area contributed by atoms with Gasteiger partial charge in [-0.05, 0) is 46.5 Å². The Balaban J connectivity index is 1.76. The van der Waals surface area contributed by atoms with Gasteiger partial charge >= 0.3 is 0 Å². The Hall–Kier alpha value is -3.00. The molecular formula is C22H18O2. The molecular weight excluding hydrogens is 296 g/mol. The molecule has 1 heterocycles. The van der Waals surface area contributed by atoms with E-state index in [4.69, 9.17) is 9.47 Å². The summed E-state index contributed by atoms with van der Waals surface area (Å²) in [4.78, 5) is 0. The second-order valence-electron chi connectivity index (χ2n) is 5.82. The van der Waals surface area contributed by atoms with Crippen molar-refractivity contribution >= 4 is 12.2 Å². The highest BCUT2D eigenvalue weighted by molar-refractivity contribution is 5.70. The topological polar surface area (TPSA) is 18.5 Å². The fraction of sp³-hybridized carbons (Fsp3) is 0.0909. The summed E-state index contributed by atoms with van der Waals surface area (Å²) in [5, 5.41) is 0. The van der Waals surface area contributed by atoms with Gasteiger partial charge in [-0.25, -0.2) is 0 Å². The number of hydrogen-bond acceptors (Lipinski definition) is 2. The van der Waals surface area contributed by atoms with Crippen LogP contribution in [0.3, 0.4) is 0 Å². The Morgan fingerprint density at radius 2 is 1.04 bits per heavy atom. The van der Waals surface area contributed by atoms with Crippen LogP contribution in [0, 0.1) is 0 Å². The third-order valence-electron chi connectivity index (χ3n) is 4.09. The molecule has 0 N–H and O–H groups in total. The molecule has 1 aliphatic rings. The van der Waals surface area contributed by atoms with Gasteiger partial charge in [-0.2, -0.15) is 0 Å². The fourth-order valence-electron chi connectivity index (χ4n) is 2.77. The van der Waals surface area contributed by atoms with Crippen LogP contribution in [0.25, 0.3) is 12.2 Å². The zero-order valence-corrected chi connectivity index (χ0v) is 13.3. The van der Waals surface area contributed by atoms with E-state index in [2.05, 4.69) is 48.6 Å². The van der Waals surface area contributed by atoms with Gasteiger partial charge < -0.3 is 9.47 Å². The number of benzene rings is 3. The van der Waals surface area contributed by atoms with Crippen molar-refractivity contribution in [3.05, 3.63) is 95.1 Å². The summed E-state index contributed by atoms with van der Waals surface area (Å²) in [5.74, 6) is 1.75. The van der Waals surface area contributed by atoms with E-state index in [1.54, 1.807) is 0 Å². The molecule has 0 aliphatic carbocycles. The lowest BCUT2D eigenvalue weighted by atomic mass is 10.1. The van der Waals surface area contributed by atoms with E-state index < -0.39 is 0 Å². The summed E-state index contributed by atoms with van der Waals surface area (Å²) >= 11 is 0. The van der Waals surface area contributed by atoms with Crippen molar-refractivity contribution in [1.82, 2.24) is 0 Å². The lowest BCUT2D eigenvalue weighted by Gasteiger charge is -2.13. The van der Waals surface area contributed by atoms with Crippen LogP contribution in [0.5, 0.6) is 11.5 Å². The monoisotopic (exact) mass is 314 g/mol. The molecule has 2 heteroatoms. The van der Waals surface area contributed by atoms with Crippen molar-refractivity contribution in [1.29, 1.82) is 0 Å². The van der Waals surface area contributed by atoms with Crippen molar-refractivity contribution in [2.24, 2.45) is 0 Å². The summed E-state index contributed by atoms with van der Waals surface area (Å²) in [6, 6.07) is 24.5. The number of ether oxygens (including phenoxy) is 2. The van der Waals surface area contributed by atoms with Gasteiger partial charge in [0.25, 0.3) is 0 Å². The largest absolute Gasteiger partial charge is 0.489 e. The molecule has 0 atom stereocenters. The van der Waals surface area contributed by atoms with Crippen LogP contribution >= 0.6 is 0 Å². The fourth-order valence-corrected chi connectivity index (χ4v) is 2.77. The van der Waals surface area contributed by atoms with E-state index in [9.17, 15) is 0 Å². The van der Waals surface area contributed by atoms with E-state index in [-0.39, 0.29) is 0 Å². The number of rotatable bonds is 0. The summed E-state index contributed by atoms with van der Waals surface area (Å²) in [5.41, 5.74) is 4.52. The van der Waals surface area contributed by atoms with Gasteiger partial charge in [0.2, 0.25) is 0 Å². The Morgan fingerprint density at radius 3 is 1.54 bits per heavy atom. The van der Waals surface area contributed by atoms with Crippen molar-refractivity contribution < 1.29 is 9.47 Å². The molecule has 0 fully saturated rings. The molecule has 0 amide bonds. The molecule has 4 bridgehead atoms. The normalized spacial score (nSPS) is 14.5. The quantitative estimate of drug-likeness (QED) is 0.558. The van der Waals surface area contributed by atoms with E-state index >= 15 is 0 Å². The maximum absolute atomic E-state index is 5.98. The first kappa shape index (κ1) is 14.6. The Kier molecular flexibility index (Phi) is 4.03. The predicted octanol–water partition coefficient (Wildman–Crippen LogP) is 5.33. The van der Waals surface area contributed by atoms with E-state index in [0.717, 1.165) is 33.8 Å². The van der Waals surface area contributed by atoms with Gasteiger partial charge in [-0.15, -0.1) is 0 Å². The summed E-state index contributed by atoms with van der Waals surface area (Å²) < 4.78 is 12.0. The molecule has 0 unspecified atom stereocenters. The molecule has 4 rings (SSSR count). The zero-order valence-electron chi connectivity index (χ0n) is 13.3. The Labute approximate surface area is 142 Å². The first-order valence-corrected chi connectivity index (χ1v) is 8.07. The predicted molar refractivity (Wildman–Crippen MR) is 96.9 cm³/mol. The van der Waals surface area contributed by atoms with Gasteiger partial charge in [-0.1, -0.05) is 60.7 Å². The highest BCUT2D eigenvalue weighted by atomic mass is 16.5. The van der Waals surface area contributed by atoms with Crippen LogP contribution in [0.2, 0.25) is 0 Å². The second-order valence-corrected chi connectivity index (χ2v) is 5.82. The van der Waals surface area contributed by atoms with Crippen LogP contribution in [-0.2, 0) is 13.2 Å². The smallest absolute Gasteiger partial charge is 0.120 e. The summed E-state index contributed by atoms with van der Waals surface area (Å²) in [6.45, 7) is 1.07. The molecule has 2 nitrogen and oxygen atoms in total. The van der Waals surface area contributed by atoms with Crippen molar-refractivity contribution in [2.75, 3.05) is 0 Å². The minimum absolute atomic E-state index is 0.534. The average molecular weight is 314 g/mol. The third kappa shape index (κ3) is 3.33. The Bertz CT molecular complexity index is 808. The second kappa shape index (κ2) is 6.63. The lowest BCUT2D eigenvalue weighted by molar-refractivity contribution is 0.285. The summed E-state index contributed by atoms with van der Waals surface area (Å²) in [7, 11) is 0. The van der Waals surface area contributed by atoms with Crippen LogP contribution in [0.1, 0.15) is 22.3 Å². The molecule has 0 spiro atoms. The van der Waals surface area contributed by atoms with Gasteiger partial charge in [0.1, 0.15) is 24.7 Å². The first-order chi connectivity index (χ1) is 11.9. The average Bonchev–Trinajstić information content (AvgIpc) is 2.64. The molecule has 24 heavy (non-hydrogen) atoms. The lowest BCUT2D eigenvalue weighted by Crippen LogP contribution is -2.04. The van der Waals surface area contributed by atoms with E-state index in [0.29, 0.717) is 13.2 Å². The molecule has 0 radical (unpaired) electrons. The van der Waals surface area contributed by atoms with E-state index in [1.165, 1.54) is 0 Å². The van der Waals surface area contributed by atoms with Gasteiger partial charge in [0.05, 0.1) is 0 Å². The summed E-state index contributed by atoms with van der Waals surface area (Å²) in [6.07, 6.45) is 4.18. The first-order valence-electron chi connectivity index (χ1n) is 8.07. The van der Waals surface area contributed by atoms with Crippen molar-refractivity contribution in [3.63, 3.8) is 0 Å². The Morgan fingerprint density at radius 1 is 0.542 bits per heavy atom. The number of fused-ring (bicyclic) bond motifs is 5. The minimum atomic E-state index is 0.534. The van der Waals surface area contributed by atoms with Gasteiger partial charge in [0.15, 0.2) is 0 Å². The molecule has 0 saturated heterocycles. The highest BCUT2D eigenvalue weighted by Crippen LogP contribution is 2.22. The molecule has 118 valence electrons. The van der Waals surface area contributed by atoms with Crippen LogP contribution in [0.4, 0.5) is 0 Å². The molecule has 0 saturated carbocycles. The van der Waals surface area contributed by atoms with Gasteiger partial charge in [-0.3, -0.25) is 0 Å². The van der Waals surface area contributed by atoms with E-state index in [1.807, 2.05) is 36.4 Å². The van der Waals surface area contributed by atoms with Crippen molar-refractivity contribution in [2.45, 2.75) is 13.2 Å². The van der Waals surface area contributed by atoms with Crippen molar-refractivity contribution in [3.8, 4) is 11.5 Å². The molecule has 3 aromatic carbocycles. The van der Waals surface area contributed by atoms with Gasteiger partial charge in [0, 0.05) is 0 Å².